The molecule has 116 valence electrons. The molecule has 1 fully saturated rings. The zero-order valence-corrected chi connectivity index (χ0v) is 12.8. The predicted octanol–water partition coefficient (Wildman–Crippen LogP) is 1.63. The summed E-state index contributed by atoms with van der Waals surface area (Å²) < 4.78 is 31.3. The van der Waals surface area contributed by atoms with Crippen molar-refractivity contribution in [3.05, 3.63) is 35.9 Å². The van der Waals surface area contributed by atoms with E-state index in [0.29, 0.717) is 13.0 Å². The number of nitrogens with one attached hydrogen (secondary N) is 1. The van der Waals surface area contributed by atoms with E-state index < -0.39 is 15.9 Å². The molecule has 1 atom stereocenters. The van der Waals surface area contributed by atoms with Crippen LogP contribution in [0.1, 0.15) is 31.2 Å². The Morgan fingerprint density at radius 3 is 2.67 bits per heavy atom. The van der Waals surface area contributed by atoms with Gasteiger partial charge in [-0.3, -0.25) is 9.52 Å². The van der Waals surface area contributed by atoms with Crippen molar-refractivity contribution in [3.8, 4) is 0 Å². The Morgan fingerprint density at radius 1 is 1.24 bits per heavy atom. The van der Waals surface area contributed by atoms with Crippen LogP contribution in [0.2, 0.25) is 0 Å². The normalized spacial score (nSPS) is 19.1. The maximum Gasteiger partial charge on any atom is 0.237 e. The first-order chi connectivity index (χ1) is 10.1. The summed E-state index contributed by atoms with van der Waals surface area (Å²) in [6.45, 7) is 0.599. The summed E-state index contributed by atoms with van der Waals surface area (Å²) in [7, 11) is -3.61. The molecule has 0 unspecified atom stereocenters. The Morgan fingerprint density at radius 2 is 2.00 bits per heavy atom. The number of hydrogen-bond acceptors (Lipinski definition) is 4. The van der Waals surface area contributed by atoms with Crippen molar-refractivity contribution >= 4 is 15.9 Å². The summed E-state index contributed by atoms with van der Waals surface area (Å²) in [6.07, 6.45) is 3.08. The van der Waals surface area contributed by atoms with Gasteiger partial charge in [-0.15, -0.1) is 0 Å². The average Bonchev–Trinajstić information content (AvgIpc) is 2.46. The third-order valence-corrected chi connectivity index (χ3v) is 4.78. The summed E-state index contributed by atoms with van der Waals surface area (Å²) in [5.74, 6) is -0.598. The van der Waals surface area contributed by atoms with Gasteiger partial charge in [-0.1, -0.05) is 30.3 Å². The summed E-state index contributed by atoms with van der Waals surface area (Å²) >= 11 is 0. The molecule has 1 aliphatic heterocycles. The van der Waals surface area contributed by atoms with E-state index in [9.17, 15) is 13.2 Å². The molecule has 1 amide bonds. The molecule has 1 aromatic rings. The van der Waals surface area contributed by atoms with E-state index in [1.807, 2.05) is 30.3 Å². The quantitative estimate of drug-likeness (QED) is 0.867. The van der Waals surface area contributed by atoms with E-state index in [4.69, 9.17) is 4.74 Å². The molecule has 1 saturated heterocycles. The molecule has 1 heterocycles. The highest BCUT2D eigenvalue weighted by Crippen LogP contribution is 2.14. The highest BCUT2D eigenvalue weighted by Gasteiger charge is 2.23. The molecule has 0 bridgehead atoms. The van der Waals surface area contributed by atoms with Crippen LogP contribution in [-0.2, 0) is 26.0 Å². The minimum absolute atomic E-state index is 0.135. The van der Waals surface area contributed by atoms with Crippen molar-refractivity contribution in [2.24, 2.45) is 0 Å². The van der Waals surface area contributed by atoms with Crippen LogP contribution in [0.15, 0.2) is 30.3 Å². The highest BCUT2D eigenvalue weighted by atomic mass is 32.2. The molecule has 21 heavy (non-hydrogen) atoms. The molecule has 0 aromatic heterocycles. The highest BCUT2D eigenvalue weighted by molar-refractivity contribution is 7.90. The third kappa shape index (κ3) is 5.85. The lowest BCUT2D eigenvalue weighted by atomic mass is 10.1. The number of benzene rings is 1. The summed E-state index contributed by atoms with van der Waals surface area (Å²) in [5.41, 5.74) is 1.01. The number of amides is 1. The fraction of sp³-hybridized carbons (Fsp3) is 0.533. The van der Waals surface area contributed by atoms with E-state index in [-0.39, 0.29) is 18.3 Å². The lowest BCUT2D eigenvalue weighted by Gasteiger charge is -2.22. The van der Waals surface area contributed by atoms with Crippen molar-refractivity contribution < 1.29 is 17.9 Å². The molecule has 5 nitrogen and oxygen atoms in total. The van der Waals surface area contributed by atoms with Crippen molar-refractivity contribution in [2.45, 2.75) is 38.2 Å². The zero-order valence-electron chi connectivity index (χ0n) is 12.0. The molecule has 0 aliphatic carbocycles. The summed E-state index contributed by atoms with van der Waals surface area (Å²) in [5, 5.41) is 0. The first kappa shape index (κ1) is 16.0. The van der Waals surface area contributed by atoms with Crippen molar-refractivity contribution in [1.29, 1.82) is 0 Å². The van der Waals surface area contributed by atoms with Gasteiger partial charge in [-0.05, 0) is 31.2 Å². The summed E-state index contributed by atoms with van der Waals surface area (Å²) in [6, 6.07) is 9.52. The topological polar surface area (TPSA) is 72.5 Å². The van der Waals surface area contributed by atoms with Crippen LogP contribution in [0.3, 0.4) is 0 Å². The molecule has 1 N–H and O–H groups in total. The minimum atomic E-state index is -3.61. The molecular formula is C15H21NO4S. The molecule has 0 spiro atoms. The largest absolute Gasteiger partial charge is 0.377 e. The second-order valence-corrected chi connectivity index (χ2v) is 7.05. The number of ether oxygens (including phenoxy) is 1. The molecule has 6 heteroatoms. The average molecular weight is 311 g/mol. The Balaban J connectivity index is 1.77. The van der Waals surface area contributed by atoms with Crippen LogP contribution in [0, 0.1) is 0 Å². The number of carbonyl (C=O) groups excluding carboxylic acids is 1. The smallest absolute Gasteiger partial charge is 0.237 e. The van der Waals surface area contributed by atoms with Crippen LogP contribution in [0.5, 0.6) is 0 Å². The Bertz CT molecular complexity index is 550. The van der Waals surface area contributed by atoms with Crippen LogP contribution >= 0.6 is 0 Å². The Labute approximate surface area is 125 Å². The molecule has 0 saturated carbocycles. The second kappa shape index (κ2) is 7.56. The van der Waals surface area contributed by atoms with Crippen molar-refractivity contribution in [2.75, 3.05) is 12.4 Å². The van der Waals surface area contributed by atoms with Crippen LogP contribution in [0.4, 0.5) is 0 Å². The minimum Gasteiger partial charge on any atom is -0.377 e. The van der Waals surface area contributed by atoms with Crippen LogP contribution in [-0.4, -0.2) is 32.8 Å². The van der Waals surface area contributed by atoms with Gasteiger partial charge in [0.25, 0.3) is 0 Å². The van der Waals surface area contributed by atoms with Gasteiger partial charge >= 0.3 is 0 Å². The van der Waals surface area contributed by atoms with E-state index in [2.05, 4.69) is 4.72 Å². The van der Waals surface area contributed by atoms with E-state index >= 15 is 0 Å². The lowest BCUT2D eigenvalue weighted by Crippen LogP contribution is -2.38. The number of aryl methyl sites for hydroxylation is 1. The molecule has 2 rings (SSSR count). The molecule has 1 aliphatic rings. The fourth-order valence-electron chi connectivity index (χ4n) is 2.35. The zero-order chi connectivity index (χ0) is 15.1. The Kier molecular flexibility index (Phi) is 5.76. The third-order valence-electron chi connectivity index (χ3n) is 3.43. The number of rotatable bonds is 6. The van der Waals surface area contributed by atoms with Gasteiger partial charge in [-0.2, -0.15) is 0 Å². The maximum absolute atomic E-state index is 11.9. The first-order valence-electron chi connectivity index (χ1n) is 7.24. The number of hydrogen-bond donors (Lipinski definition) is 1. The van der Waals surface area contributed by atoms with Gasteiger partial charge in [0.05, 0.1) is 11.9 Å². The molecule has 1 aromatic carbocycles. The fourth-order valence-corrected chi connectivity index (χ4v) is 3.64. The molecular weight excluding hydrogens is 290 g/mol. The van der Waals surface area contributed by atoms with Gasteiger partial charge in [-0.25, -0.2) is 8.42 Å². The SMILES string of the molecule is O=C(CCc1ccccc1)NS(=O)(=O)C[C@@H]1CCCCO1. The van der Waals surface area contributed by atoms with Crippen molar-refractivity contribution in [3.63, 3.8) is 0 Å². The van der Waals surface area contributed by atoms with Gasteiger partial charge in [0, 0.05) is 13.0 Å². The Hall–Kier alpha value is -1.40. The number of sulfonamides is 1. The van der Waals surface area contributed by atoms with Gasteiger partial charge in [0.1, 0.15) is 0 Å². The monoisotopic (exact) mass is 311 g/mol. The van der Waals surface area contributed by atoms with E-state index in [1.54, 1.807) is 0 Å². The van der Waals surface area contributed by atoms with E-state index in [1.165, 1.54) is 0 Å². The van der Waals surface area contributed by atoms with Crippen molar-refractivity contribution in [1.82, 2.24) is 4.72 Å². The maximum atomic E-state index is 11.9. The second-order valence-electron chi connectivity index (χ2n) is 5.28. The van der Waals surface area contributed by atoms with Gasteiger partial charge < -0.3 is 4.74 Å². The number of carbonyl (C=O) groups is 1. The predicted molar refractivity (Wildman–Crippen MR) is 80.3 cm³/mol. The van der Waals surface area contributed by atoms with Gasteiger partial charge in [0.15, 0.2) is 0 Å². The van der Waals surface area contributed by atoms with E-state index in [0.717, 1.165) is 24.8 Å². The van der Waals surface area contributed by atoms with Crippen LogP contribution < -0.4 is 4.72 Å². The van der Waals surface area contributed by atoms with Crippen LogP contribution in [0.25, 0.3) is 0 Å². The summed E-state index contributed by atoms with van der Waals surface area (Å²) in [4.78, 5) is 11.7. The lowest BCUT2D eigenvalue weighted by molar-refractivity contribution is -0.119. The first-order valence-corrected chi connectivity index (χ1v) is 8.89. The standard InChI is InChI=1S/C15H21NO4S/c17-15(10-9-13-6-2-1-3-7-13)16-21(18,19)12-14-8-4-5-11-20-14/h1-3,6-7,14H,4-5,8-12H2,(H,16,17)/t14-/m0/s1. The molecule has 0 radical (unpaired) electrons. The van der Waals surface area contributed by atoms with Gasteiger partial charge in [0.2, 0.25) is 15.9 Å².